The SMILES string of the molecule is C=CC(=O)NC(N=S(=O)=O)(C(F)(F)F)C(Cl)(Cl)Cl. The van der Waals surface area contributed by atoms with E-state index in [9.17, 15) is 26.4 Å². The summed E-state index contributed by atoms with van der Waals surface area (Å²) in [5.74, 6) is -1.42. The van der Waals surface area contributed by atoms with Crippen LogP contribution in [0.15, 0.2) is 17.0 Å². The molecule has 0 spiro atoms. The summed E-state index contributed by atoms with van der Waals surface area (Å²) in [5, 5.41) is 1.15. The van der Waals surface area contributed by atoms with Crippen LogP contribution in [-0.2, 0) is 15.3 Å². The van der Waals surface area contributed by atoms with Crippen LogP contribution in [0.25, 0.3) is 0 Å². The molecule has 0 saturated heterocycles. The number of alkyl halides is 6. The zero-order valence-corrected chi connectivity index (χ0v) is 11.2. The van der Waals surface area contributed by atoms with Crippen LogP contribution < -0.4 is 5.32 Å². The Morgan fingerprint density at radius 2 is 1.72 bits per heavy atom. The first-order valence-corrected chi connectivity index (χ1v) is 5.94. The maximum Gasteiger partial charge on any atom is 0.437 e. The van der Waals surface area contributed by atoms with Crippen molar-refractivity contribution in [1.29, 1.82) is 0 Å². The van der Waals surface area contributed by atoms with E-state index in [2.05, 4.69) is 10.9 Å². The molecule has 0 fully saturated rings. The second-order valence-electron chi connectivity index (χ2n) is 2.71. The van der Waals surface area contributed by atoms with E-state index < -0.39 is 32.0 Å². The Balaban J connectivity index is 6.15. The number of hydrogen-bond acceptors (Lipinski definition) is 4. The van der Waals surface area contributed by atoms with Crippen LogP contribution in [0.2, 0.25) is 0 Å². The van der Waals surface area contributed by atoms with Crippen LogP contribution in [0, 0.1) is 0 Å². The number of carbonyl (C=O) groups is 1. The van der Waals surface area contributed by atoms with Gasteiger partial charge in [0.1, 0.15) is 0 Å². The number of halogens is 6. The quantitative estimate of drug-likeness (QED) is 0.626. The molecule has 1 amide bonds. The van der Waals surface area contributed by atoms with Crippen molar-refractivity contribution in [3.05, 3.63) is 12.7 Å². The van der Waals surface area contributed by atoms with E-state index in [0.29, 0.717) is 6.08 Å². The molecule has 1 atom stereocenters. The van der Waals surface area contributed by atoms with E-state index in [-0.39, 0.29) is 0 Å². The standard InChI is InChI=1S/C6H4Cl3F3N2O3S/c1-2-3(15)13-4(5(7,8)9,6(10,11)12)14-18(16)17/h2H,1H2,(H,13,15). The molecule has 12 heteroatoms. The van der Waals surface area contributed by atoms with Crippen LogP contribution in [0.5, 0.6) is 0 Å². The lowest BCUT2D eigenvalue weighted by Gasteiger charge is -2.35. The van der Waals surface area contributed by atoms with Gasteiger partial charge in [-0.05, 0) is 6.08 Å². The molecule has 5 nitrogen and oxygen atoms in total. The highest BCUT2D eigenvalue weighted by atomic mass is 35.6. The fourth-order valence-corrected chi connectivity index (χ4v) is 2.02. The van der Waals surface area contributed by atoms with Gasteiger partial charge in [0.25, 0.3) is 5.66 Å². The van der Waals surface area contributed by atoms with Gasteiger partial charge in [-0.3, -0.25) is 4.79 Å². The summed E-state index contributed by atoms with van der Waals surface area (Å²) in [6, 6.07) is 0. The molecule has 0 aliphatic rings. The lowest BCUT2D eigenvalue weighted by Crippen LogP contribution is -2.65. The molecule has 0 bridgehead atoms. The number of carbonyl (C=O) groups excluding carboxylic acids is 1. The number of nitrogens with zero attached hydrogens (tertiary/aromatic N) is 1. The van der Waals surface area contributed by atoms with Gasteiger partial charge in [0.2, 0.25) is 9.70 Å². The van der Waals surface area contributed by atoms with Crippen molar-refractivity contribution in [2.45, 2.75) is 15.6 Å². The molecule has 1 N–H and O–H groups in total. The molecule has 0 radical (unpaired) electrons. The summed E-state index contributed by atoms with van der Waals surface area (Å²) in [6.45, 7) is 2.88. The van der Waals surface area contributed by atoms with Crippen LogP contribution >= 0.6 is 34.8 Å². The van der Waals surface area contributed by atoms with E-state index in [0.717, 1.165) is 5.32 Å². The zero-order valence-electron chi connectivity index (χ0n) is 8.13. The Labute approximate surface area is 116 Å². The maximum absolute atomic E-state index is 12.9. The average molecular weight is 348 g/mol. The van der Waals surface area contributed by atoms with E-state index in [4.69, 9.17) is 34.8 Å². The Morgan fingerprint density at radius 1 is 1.28 bits per heavy atom. The van der Waals surface area contributed by atoms with Crippen molar-refractivity contribution >= 4 is 51.2 Å². The molecule has 104 valence electrons. The predicted molar refractivity (Wildman–Crippen MR) is 58.8 cm³/mol. The maximum atomic E-state index is 12.9. The van der Waals surface area contributed by atoms with Crippen LogP contribution in [0.3, 0.4) is 0 Å². The fourth-order valence-electron chi connectivity index (χ4n) is 0.770. The third kappa shape index (κ3) is 3.74. The van der Waals surface area contributed by atoms with Crippen LogP contribution in [-0.4, -0.2) is 30.0 Å². The van der Waals surface area contributed by atoms with E-state index in [1.807, 2.05) is 0 Å². The summed E-state index contributed by atoms with van der Waals surface area (Å²) in [4.78, 5) is 10.9. The number of rotatable bonds is 3. The van der Waals surface area contributed by atoms with Gasteiger partial charge in [-0.1, -0.05) is 41.4 Å². The van der Waals surface area contributed by atoms with Crippen molar-refractivity contribution in [2.24, 2.45) is 4.36 Å². The number of amides is 1. The summed E-state index contributed by atoms with van der Waals surface area (Å²) in [7, 11) is -3.59. The highest BCUT2D eigenvalue weighted by molar-refractivity contribution is 7.61. The van der Waals surface area contributed by atoms with Gasteiger partial charge in [0.05, 0.1) is 0 Å². The van der Waals surface area contributed by atoms with Gasteiger partial charge in [0.15, 0.2) is 0 Å². The topological polar surface area (TPSA) is 75.6 Å². The first-order chi connectivity index (χ1) is 7.87. The zero-order chi connectivity index (χ0) is 14.8. The number of hydrogen-bond donors (Lipinski definition) is 1. The van der Waals surface area contributed by atoms with Gasteiger partial charge in [-0.25, -0.2) is 0 Å². The average Bonchev–Trinajstić information content (AvgIpc) is 2.12. The second-order valence-corrected chi connectivity index (χ2v) is 5.61. The summed E-state index contributed by atoms with van der Waals surface area (Å²) in [6.07, 6.45) is -5.04. The summed E-state index contributed by atoms with van der Waals surface area (Å²) >= 11 is 15.2. The van der Waals surface area contributed by atoms with Crippen molar-refractivity contribution in [2.75, 3.05) is 0 Å². The molecule has 0 aromatic carbocycles. The highest BCUT2D eigenvalue weighted by Crippen LogP contribution is 2.48. The Kier molecular flexibility index (Phi) is 5.48. The van der Waals surface area contributed by atoms with Gasteiger partial charge in [-0.2, -0.15) is 21.6 Å². The molecule has 18 heavy (non-hydrogen) atoms. The minimum absolute atomic E-state index is 0.431. The molecule has 0 heterocycles. The predicted octanol–water partition coefficient (Wildman–Crippen LogP) is 1.98. The van der Waals surface area contributed by atoms with E-state index >= 15 is 0 Å². The van der Waals surface area contributed by atoms with E-state index in [1.54, 1.807) is 0 Å². The Bertz CT molecular complexity index is 461. The molecule has 0 aromatic rings. The third-order valence-corrected chi connectivity index (χ3v) is 2.76. The van der Waals surface area contributed by atoms with Gasteiger partial charge in [0, 0.05) is 0 Å². The van der Waals surface area contributed by atoms with Crippen molar-refractivity contribution < 1.29 is 26.4 Å². The van der Waals surface area contributed by atoms with Gasteiger partial charge >= 0.3 is 16.7 Å². The molecular weight excluding hydrogens is 343 g/mol. The first-order valence-electron chi connectivity index (χ1n) is 3.77. The van der Waals surface area contributed by atoms with Crippen molar-refractivity contribution in [3.8, 4) is 0 Å². The van der Waals surface area contributed by atoms with Crippen molar-refractivity contribution in [1.82, 2.24) is 5.32 Å². The normalized spacial score (nSPS) is 15.4. The van der Waals surface area contributed by atoms with Crippen LogP contribution in [0.1, 0.15) is 0 Å². The highest BCUT2D eigenvalue weighted by Gasteiger charge is 2.68. The first kappa shape index (κ1) is 17.5. The van der Waals surface area contributed by atoms with Crippen molar-refractivity contribution in [3.63, 3.8) is 0 Å². The third-order valence-electron chi connectivity index (χ3n) is 1.52. The lowest BCUT2D eigenvalue weighted by atomic mass is 10.2. The largest absolute Gasteiger partial charge is 0.437 e. The molecular formula is C6H4Cl3F3N2O3S. The minimum atomic E-state index is -5.48. The minimum Gasteiger partial charge on any atom is -0.316 e. The molecule has 0 aliphatic carbocycles. The Morgan fingerprint density at radius 3 is 1.94 bits per heavy atom. The smallest absolute Gasteiger partial charge is 0.316 e. The molecule has 0 saturated carbocycles. The molecule has 0 aromatic heterocycles. The lowest BCUT2D eigenvalue weighted by molar-refractivity contribution is -0.193. The van der Waals surface area contributed by atoms with E-state index in [1.165, 1.54) is 0 Å². The monoisotopic (exact) mass is 346 g/mol. The molecule has 0 aliphatic heterocycles. The van der Waals surface area contributed by atoms with Crippen LogP contribution in [0.4, 0.5) is 13.2 Å². The molecule has 1 unspecified atom stereocenters. The summed E-state index contributed by atoms with van der Waals surface area (Å²) < 4.78 is 58.3. The Hall–Kier alpha value is -0.510. The summed E-state index contributed by atoms with van der Waals surface area (Å²) in [5.41, 5.74) is -3.94. The number of nitrogens with one attached hydrogen (secondary N) is 1. The van der Waals surface area contributed by atoms with Gasteiger partial charge < -0.3 is 5.32 Å². The molecule has 0 rings (SSSR count). The fraction of sp³-hybridized carbons (Fsp3) is 0.500. The van der Waals surface area contributed by atoms with Gasteiger partial charge in [-0.15, -0.1) is 4.36 Å². The second kappa shape index (κ2) is 5.64.